The molecule has 1 aromatic heterocycles. The Morgan fingerprint density at radius 3 is 2.47 bits per heavy atom. The van der Waals surface area contributed by atoms with E-state index in [-0.39, 0.29) is 5.91 Å². The number of anilines is 2. The largest absolute Gasteiger partial charge is 0.491 e. The highest BCUT2D eigenvalue weighted by Gasteiger charge is 2.21. The van der Waals surface area contributed by atoms with Crippen molar-refractivity contribution in [2.24, 2.45) is 11.1 Å². The van der Waals surface area contributed by atoms with Gasteiger partial charge in [-0.05, 0) is 89.9 Å². The van der Waals surface area contributed by atoms with Crippen LogP contribution in [0.1, 0.15) is 70.3 Å². The number of fused-ring (bicyclic) bond motifs is 1. The first-order chi connectivity index (χ1) is 24.9. The highest BCUT2D eigenvalue weighted by Crippen LogP contribution is 2.34. The van der Waals surface area contributed by atoms with Crippen LogP contribution in [-0.4, -0.2) is 61.2 Å². The van der Waals surface area contributed by atoms with Gasteiger partial charge in [-0.3, -0.25) is 4.79 Å². The van der Waals surface area contributed by atoms with Gasteiger partial charge in [0.15, 0.2) is 0 Å². The minimum Gasteiger partial charge on any atom is -0.491 e. The van der Waals surface area contributed by atoms with E-state index in [2.05, 4.69) is 89.0 Å². The first-order valence-corrected chi connectivity index (χ1v) is 18.3. The number of carbonyl (C=O) groups is 1. The number of hydrogen-bond acceptors (Lipinski definition) is 7. The Morgan fingerprint density at radius 1 is 0.961 bits per heavy atom. The van der Waals surface area contributed by atoms with Crippen molar-refractivity contribution in [1.82, 2.24) is 9.55 Å². The van der Waals surface area contributed by atoms with E-state index >= 15 is 0 Å². The van der Waals surface area contributed by atoms with E-state index in [1.165, 1.54) is 0 Å². The lowest BCUT2D eigenvalue weighted by atomic mass is 10.00. The lowest BCUT2D eigenvalue weighted by Crippen LogP contribution is -2.29. The SMILES string of the molecule is CCCCOCCOc1ccc(-c2ccc3c(c2)C=C(C(=O)Nc2ccc(/C(Cc4nccn4CCC)=N/OC)cc2)CCN3CC(C)C)cc1. The predicted molar refractivity (Wildman–Crippen MR) is 208 cm³/mol. The Balaban J connectivity index is 1.30. The second kappa shape index (κ2) is 18.9. The summed E-state index contributed by atoms with van der Waals surface area (Å²) in [5.74, 6) is 2.14. The topological polar surface area (TPSA) is 90.2 Å². The summed E-state index contributed by atoms with van der Waals surface area (Å²) in [6.45, 7) is 13.2. The molecule has 1 N–H and O–H groups in total. The molecule has 0 atom stereocenters. The Bertz CT molecular complexity index is 1760. The normalized spacial score (nSPS) is 13.1. The van der Waals surface area contributed by atoms with Crippen molar-refractivity contribution >= 4 is 29.1 Å². The Hall–Kier alpha value is -4.89. The smallest absolute Gasteiger partial charge is 0.251 e. The minimum atomic E-state index is -0.0990. The van der Waals surface area contributed by atoms with Crippen LogP contribution in [0.15, 0.2) is 89.9 Å². The number of nitrogens with one attached hydrogen (secondary N) is 1. The third-order valence-corrected chi connectivity index (χ3v) is 8.82. The zero-order valence-electron chi connectivity index (χ0n) is 30.9. The number of hydrogen-bond donors (Lipinski definition) is 1. The van der Waals surface area contributed by atoms with Gasteiger partial charge in [-0.15, -0.1) is 0 Å². The fourth-order valence-corrected chi connectivity index (χ4v) is 6.25. The summed E-state index contributed by atoms with van der Waals surface area (Å²) in [5, 5.41) is 7.44. The van der Waals surface area contributed by atoms with E-state index in [1.54, 1.807) is 7.11 Å². The summed E-state index contributed by atoms with van der Waals surface area (Å²) >= 11 is 0. The molecule has 9 heteroatoms. The fraction of sp³-hybridized carbons (Fsp3) is 0.405. The molecular formula is C42H53N5O4. The summed E-state index contributed by atoms with van der Waals surface area (Å²) in [4.78, 5) is 25.9. The molecule has 1 aliphatic rings. The van der Waals surface area contributed by atoms with Crippen LogP contribution in [0.4, 0.5) is 11.4 Å². The van der Waals surface area contributed by atoms with Crippen molar-refractivity contribution in [3.63, 3.8) is 0 Å². The number of imidazole rings is 1. The van der Waals surface area contributed by atoms with E-state index in [1.807, 2.05) is 48.8 Å². The summed E-state index contributed by atoms with van der Waals surface area (Å²) in [6.07, 6.45) is 10.3. The summed E-state index contributed by atoms with van der Waals surface area (Å²) < 4.78 is 13.6. The molecular weight excluding hydrogens is 638 g/mol. The lowest BCUT2D eigenvalue weighted by Gasteiger charge is -2.27. The first-order valence-electron chi connectivity index (χ1n) is 18.3. The summed E-state index contributed by atoms with van der Waals surface area (Å²) in [5.41, 5.74) is 7.53. The maximum absolute atomic E-state index is 13.8. The predicted octanol–water partition coefficient (Wildman–Crippen LogP) is 8.64. The van der Waals surface area contributed by atoms with E-state index in [9.17, 15) is 4.79 Å². The van der Waals surface area contributed by atoms with Gasteiger partial charge in [0, 0.05) is 55.6 Å². The molecule has 3 aromatic carbocycles. The molecule has 0 saturated heterocycles. The fourth-order valence-electron chi connectivity index (χ4n) is 6.25. The van der Waals surface area contributed by atoms with Gasteiger partial charge in [0.25, 0.3) is 5.91 Å². The van der Waals surface area contributed by atoms with Gasteiger partial charge in [-0.2, -0.15) is 0 Å². The Morgan fingerprint density at radius 2 is 1.75 bits per heavy atom. The quantitative estimate of drug-likeness (QED) is 0.0639. The zero-order valence-corrected chi connectivity index (χ0v) is 30.9. The average molecular weight is 692 g/mol. The van der Waals surface area contributed by atoms with Gasteiger partial charge in [-0.1, -0.05) is 69.6 Å². The number of unbranched alkanes of at least 4 members (excludes halogenated alkanes) is 1. The molecule has 0 aliphatic carbocycles. The maximum atomic E-state index is 13.8. The van der Waals surface area contributed by atoms with Crippen molar-refractivity contribution in [1.29, 1.82) is 0 Å². The number of oxime groups is 1. The highest BCUT2D eigenvalue weighted by atomic mass is 16.6. The van der Waals surface area contributed by atoms with Crippen molar-refractivity contribution in [3.05, 3.63) is 102 Å². The molecule has 5 rings (SSSR count). The van der Waals surface area contributed by atoms with Crippen LogP contribution in [0.25, 0.3) is 17.2 Å². The number of ether oxygens (including phenoxy) is 2. The molecule has 1 amide bonds. The van der Waals surface area contributed by atoms with E-state index in [4.69, 9.17) is 14.3 Å². The molecule has 0 bridgehead atoms. The van der Waals surface area contributed by atoms with Crippen LogP contribution in [0.2, 0.25) is 0 Å². The van der Waals surface area contributed by atoms with E-state index < -0.39 is 0 Å². The molecule has 1 aliphatic heterocycles. The van der Waals surface area contributed by atoms with Crippen LogP contribution in [0.3, 0.4) is 0 Å². The van der Waals surface area contributed by atoms with Crippen LogP contribution >= 0.6 is 0 Å². The van der Waals surface area contributed by atoms with Gasteiger partial charge in [0.1, 0.15) is 25.3 Å². The van der Waals surface area contributed by atoms with Gasteiger partial charge in [-0.25, -0.2) is 4.98 Å². The molecule has 0 radical (unpaired) electrons. The first kappa shape index (κ1) is 37.4. The molecule has 51 heavy (non-hydrogen) atoms. The van der Waals surface area contributed by atoms with Gasteiger partial charge in [0.2, 0.25) is 0 Å². The molecule has 0 unspecified atom stereocenters. The zero-order chi connectivity index (χ0) is 36.0. The average Bonchev–Trinajstić information content (AvgIpc) is 3.49. The van der Waals surface area contributed by atoms with Gasteiger partial charge < -0.3 is 29.1 Å². The van der Waals surface area contributed by atoms with E-state index in [0.29, 0.717) is 32.0 Å². The Kier molecular flexibility index (Phi) is 13.9. The summed E-state index contributed by atoms with van der Waals surface area (Å²) in [6, 6.07) is 22.5. The molecule has 0 fully saturated rings. The lowest BCUT2D eigenvalue weighted by molar-refractivity contribution is -0.112. The van der Waals surface area contributed by atoms with Gasteiger partial charge >= 0.3 is 0 Å². The molecule has 4 aromatic rings. The number of amides is 1. The Labute approximate surface area is 303 Å². The van der Waals surface area contributed by atoms with Crippen LogP contribution in [0.5, 0.6) is 5.75 Å². The molecule has 9 nitrogen and oxygen atoms in total. The number of aromatic nitrogens is 2. The second-order valence-electron chi connectivity index (χ2n) is 13.3. The number of benzene rings is 3. The monoisotopic (exact) mass is 691 g/mol. The van der Waals surface area contributed by atoms with Gasteiger partial charge in [0.05, 0.1) is 18.7 Å². The summed E-state index contributed by atoms with van der Waals surface area (Å²) in [7, 11) is 1.55. The molecule has 2 heterocycles. The molecule has 270 valence electrons. The standard InChI is InChI=1S/C42H53N5O4/c1-6-8-24-50-25-26-51-38-16-11-32(12-17-38)34-13-18-40-36(27-34)28-35(19-22-47(40)30-31(3)4)42(48)44-37-14-9-33(10-15-37)39(45-49-5)29-41-43-20-23-46(41)21-7-2/h9-18,20,23,27-28,31H,6-8,19,21-22,24-26,29-30H2,1-5H3,(H,44,48)/b45-39+. The minimum absolute atomic E-state index is 0.0990. The van der Waals surface area contributed by atoms with Crippen molar-refractivity contribution in [3.8, 4) is 16.9 Å². The number of nitrogens with zero attached hydrogens (tertiary/aromatic N) is 4. The van der Waals surface area contributed by atoms with Crippen molar-refractivity contribution in [2.45, 2.75) is 66.3 Å². The third-order valence-electron chi connectivity index (χ3n) is 8.82. The number of aryl methyl sites for hydroxylation is 1. The molecule has 0 saturated carbocycles. The maximum Gasteiger partial charge on any atom is 0.251 e. The van der Waals surface area contributed by atoms with Crippen molar-refractivity contribution in [2.75, 3.05) is 50.2 Å². The third kappa shape index (κ3) is 10.6. The van der Waals surface area contributed by atoms with Crippen molar-refractivity contribution < 1.29 is 19.1 Å². The second-order valence-corrected chi connectivity index (χ2v) is 13.3. The van der Waals surface area contributed by atoms with Crippen LogP contribution in [-0.2, 0) is 27.3 Å². The number of carbonyl (C=O) groups excluding carboxylic acids is 1. The van der Waals surface area contributed by atoms with Crippen LogP contribution in [0, 0.1) is 5.92 Å². The number of rotatable bonds is 18. The molecule has 0 spiro atoms. The van der Waals surface area contributed by atoms with Crippen LogP contribution < -0.4 is 15.0 Å². The van der Waals surface area contributed by atoms with E-state index in [0.717, 1.165) is 102 Å². The highest BCUT2D eigenvalue weighted by molar-refractivity contribution is 6.08.